The molecule has 2 aromatic heterocycles. The highest BCUT2D eigenvalue weighted by molar-refractivity contribution is 5.76. The predicted molar refractivity (Wildman–Crippen MR) is 90.8 cm³/mol. The largest absolute Gasteiger partial charge is 0.472 e. The van der Waals surface area contributed by atoms with Crippen molar-refractivity contribution in [3.05, 3.63) is 35.5 Å². The third-order valence-corrected chi connectivity index (χ3v) is 4.41. The molecule has 8 nitrogen and oxygen atoms in total. The van der Waals surface area contributed by atoms with Gasteiger partial charge in [0.05, 0.1) is 24.8 Å². The zero-order valence-corrected chi connectivity index (χ0v) is 15.0. The number of nitrogens with zero attached hydrogens (tertiary/aromatic N) is 5. The number of ether oxygens (including phenoxy) is 1. The summed E-state index contributed by atoms with van der Waals surface area (Å²) in [4.78, 5) is 15.6. The molecular formula is C17H25N5O3. The van der Waals surface area contributed by atoms with Crippen LogP contribution in [0.15, 0.2) is 23.0 Å². The number of carbonyl (C=O) groups is 1. The monoisotopic (exact) mass is 347 g/mol. The molecule has 0 bridgehead atoms. The quantitative estimate of drug-likeness (QED) is 0.746. The van der Waals surface area contributed by atoms with Crippen LogP contribution in [-0.4, -0.2) is 64.6 Å². The third kappa shape index (κ3) is 4.08. The van der Waals surface area contributed by atoms with E-state index in [4.69, 9.17) is 9.15 Å². The summed E-state index contributed by atoms with van der Waals surface area (Å²) in [7, 11) is 3.46. The molecule has 1 aliphatic heterocycles. The number of fused-ring (bicyclic) bond motifs is 1. The molecule has 1 aliphatic rings. The van der Waals surface area contributed by atoms with Crippen molar-refractivity contribution in [1.82, 2.24) is 24.8 Å². The van der Waals surface area contributed by atoms with Crippen LogP contribution in [0.1, 0.15) is 29.8 Å². The molecule has 0 radical (unpaired) electrons. The number of amides is 1. The van der Waals surface area contributed by atoms with Crippen LogP contribution in [0.4, 0.5) is 0 Å². The van der Waals surface area contributed by atoms with E-state index < -0.39 is 0 Å². The smallest absolute Gasteiger partial charge is 0.248 e. The van der Waals surface area contributed by atoms with E-state index in [2.05, 4.69) is 22.1 Å². The summed E-state index contributed by atoms with van der Waals surface area (Å²) < 4.78 is 12.8. The summed E-state index contributed by atoms with van der Waals surface area (Å²) in [5.74, 6) is 0.106. The van der Waals surface area contributed by atoms with Gasteiger partial charge in [-0.05, 0) is 13.0 Å². The Balaban J connectivity index is 1.70. The lowest BCUT2D eigenvalue weighted by atomic mass is 9.98. The molecule has 0 N–H and O–H groups in total. The van der Waals surface area contributed by atoms with Gasteiger partial charge in [-0.2, -0.15) is 0 Å². The number of likely N-dealkylation sites (N-methyl/N-ethyl adjacent to an activating group) is 1. The lowest BCUT2D eigenvalue weighted by molar-refractivity contribution is -0.133. The first-order valence-corrected chi connectivity index (χ1v) is 8.52. The lowest BCUT2D eigenvalue weighted by Crippen LogP contribution is -2.36. The highest BCUT2D eigenvalue weighted by Crippen LogP contribution is 2.28. The van der Waals surface area contributed by atoms with Gasteiger partial charge in [-0.25, -0.2) is 4.68 Å². The molecule has 136 valence electrons. The molecule has 0 aliphatic carbocycles. The lowest BCUT2D eigenvalue weighted by Gasteiger charge is -2.32. The van der Waals surface area contributed by atoms with Gasteiger partial charge in [0, 0.05) is 51.8 Å². The molecule has 0 aromatic carbocycles. The molecule has 25 heavy (non-hydrogen) atoms. The van der Waals surface area contributed by atoms with Crippen molar-refractivity contribution in [2.75, 3.05) is 33.9 Å². The number of aryl methyl sites for hydroxylation is 1. The Labute approximate surface area is 147 Å². The molecule has 0 fully saturated rings. The van der Waals surface area contributed by atoms with E-state index in [1.165, 1.54) is 4.90 Å². The number of aromatic nitrogens is 3. The van der Waals surface area contributed by atoms with Gasteiger partial charge in [0.1, 0.15) is 12.3 Å². The second kappa shape index (κ2) is 7.79. The van der Waals surface area contributed by atoms with Crippen molar-refractivity contribution in [3.8, 4) is 0 Å². The van der Waals surface area contributed by atoms with Gasteiger partial charge in [0.15, 0.2) is 0 Å². The second-order valence-electron chi connectivity index (χ2n) is 6.54. The maximum atomic E-state index is 11.7. The fraction of sp³-hybridized carbons (Fsp3) is 0.588. The third-order valence-electron chi connectivity index (χ3n) is 4.41. The first-order valence-electron chi connectivity index (χ1n) is 8.52. The van der Waals surface area contributed by atoms with Crippen molar-refractivity contribution >= 4 is 5.91 Å². The normalized spacial score (nSPS) is 17.5. The van der Waals surface area contributed by atoms with Gasteiger partial charge in [0.25, 0.3) is 0 Å². The maximum absolute atomic E-state index is 11.7. The molecule has 1 atom stereocenters. The predicted octanol–water partition coefficient (Wildman–Crippen LogP) is 1.10. The van der Waals surface area contributed by atoms with E-state index in [-0.39, 0.29) is 18.4 Å². The first kappa shape index (κ1) is 17.6. The van der Waals surface area contributed by atoms with Gasteiger partial charge < -0.3 is 14.1 Å². The molecule has 8 heteroatoms. The Morgan fingerprint density at radius 3 is 3.00 bits per heavy atom. The molecule has 3 rings (SSSR count). The standard InChI is InChI=1S/C17H25N5O3/c1-4-22-17-14(11-25-12-16(23)20(2)3)8-21(9-15(17)18-19-22)7-13-5-6-24-10-13/h5-6,10,14H,4,7-9,11-12H2,1-3H3/t14-/m0/s1. The van der Waals surface area contributed by atoms with Gasteiger partial charge in [-0.1, -0.05) is 5.21 Å². The summed E-state index contributed by atoms with van der Waals surface area (Å²) in [5.41, 5.74) is 3.25. The number of hydrogen-bond donors (Lipinski definition) is 0. The van der Waals surface area contributed by atoms with E-state index >= 15 is 0 Å². The van der Waals surface area contributed by atoms with Crippen molar-refractivity contribution < 1.29 is 13.9 Å². The van der Waals surface area contributed by atoms with E-state index in [9.17, 15) is 4.79 Å². The SMILES string of the molecule is CCn1nnc2c1[C@H](COCC(=O)N(C)C)CN(Cc1ccoc1)C2. The molecule has 0 saturated heterocycles. The molecule has 2 aromatic rings. The Kier molecular flexibility index (Phi) is 5.50. The number of carbonyl (C=O) groups excluding carboxylic acids is 1. The number of furan rings is 1. The summed E-state index contributed by atoms with van der Waals surface area (Å²) in [5, 5.41) is 8.61. The van der Waals surface area contributed by atoms with Gasteiger partial charge >= 0.3 is 0 Å². The fourth-order valence-electron chi connectivity index (χ4n) is 3.13. The number of hydrogen-bond acceptors (Lipinski definition) is 6. The number of rotatable bonds is 7. The molecule has 1 amide bonds. The fourth-order valence-corrected chi connectivity index (χ4v) is 3.13. The maximum Gasteiger partial charge on any atom is 0.248 e. The van der Waals surface area contributed by atoms with Crippen LogP contribution in [0.5, 0.6) is 0 Å². The minimum Gasteiger partial charge on any atom is -0.472 e. The van der Waals surface area contributed by atoms with Crippen LogP contribution < -0.4 is 0 Å². The first-order chi connectivity index (χ1) is 12.1. The minimum absolute atomic E-state index is 0.0339. The van der Waals surface area contributed by atoms with Gasteiger partial charge in [0.2, 0.25) is 5.91 Å². The summed E-state index contributed by atoms with van der Waals surface area (Å²) in [6.07, 6.45) is 3.45. The highest BCUT2D eigenvalue weighted by Gasteiger charge is 2.31. The minimum atomic E-state index is -0.0339. The zero-order chi connectivity index (χ0) is 17.8. The van der Waals surface area contributed by atoms with E-state index in [0.29, 0.717) is 6.61 Å². The average Bonchev–Trinajstić information content (AvgIpc) is 3.23. The molecular weight excluding hydrogens is 322 g/mol. The van der Waals surface area contributed by atoms with Crippen LogP contribution >= 0.6 is 0 Å². The van der Waals surface area contributed by atoms with Crippen molar-refractivity contribution in [2.45, 2.75) is 32.5 Å². The van der Waals surface area contributed by atoms with Crippen LogP contribution in [0.25, 0.3) is 0 Å². The second-order valence-corrected chi connectivity index (χ2v) is 6.54. The Morgan fingerprint density at radius 1 is 1.48 bits per heavy atom. The highest BCUT2D eigenvalue weighted by atomic mass is 16.5. The Bertz CT molecular complexity index is 695. The van der Waals surface area contributed by atoms with Gasteiger partial charge in [-0.3, -0.25) is 9.69 Å². The van der Waals surface area contributed by atoms with Crippen LogP contribution in [-0.2, 0) is 29.2 Å². The molecule has 0 unspecified atom stereocenters. The summed E-state index contributed by atoms with van der Waals surface area (Å²) in [6, 6.07) is 1.97. The van der Waals surface area contributed by atoms with Gasteiger partial charge in [-0.15, -0.1) is 5.10 Å². The van der Waals surface area contributed by atoms with Crippen LogP contribution in [0.2, 0.25) is 0 Å². The molecule has 0 saturated carbocycles. The van der Waals surface area contributed by atoms with Crippen LogP contribution in [0.3, 0.4) is 0 Å². The van der Waals surface area contributed by atoms with Crippen molar-refractivity contribution in [2.24, 2.45) is 0 Å². The summed E-state index contributed by atoms with van der Waals surface area (Å²) >= 11 is 0. The zero-order valence-electron chi connectivity index (χ0n) is 15.0. The van der Waals surface area contributed by atoms with Crippen molar-refractivity contribution in [1.29, 1.82) is 0 Å². The summed E-state index contributed by atoms with van der Waals surface area (Å²) in [6.45, 7) is 5.78. The van der Waals surface area contributed by atoms with E-state index in [1.54, 1.807) is 26.6 Å². The average molecular weight is 347 g/mol. The molecule has 0 spiro atoms. The van der Waals surface area contributed by atoms with E-state index in [1.807, 2.05) is 10.7 Å². The van der Waals surface area contributed by atoms with Crippen LogP contribution in [0, 0.1) is 0 Å². The Hall–Kier alpha value is -2.19. The Morgan fingerprint density at radius 2 is 2.32 bits per heavy atom. The molecule has 3 heterocycles. The van der Waals surface area contributed by atoms with E-state index in [0.717, 1.165) is 43.1 Å². The topological polar surface area (TPSA) is 76.6 Å². The van der Waals surface area contributed by atoms with Crippen molar-refractivity contribution in [3.63, 3.8) is 0 Å².